The van der Waals surface area contributed by atoms with E-state index in [1.165, 1.54) is 96.3 Å². The summed E-state index contributed by atoms with van der Waals surface area (Å²) in [5, 5.41) is 9.86. The first-order chi connectivity index (χ1) is 40.2. The number of phosphoric acid groups is 1. The molecule has 0 spiro atoms. The molecule has 82 heavy (non-hydrogen) atoms. The molecule has 0 aromatic heterocycles. The smallest absolute Gasteiger partial charge is 0.462 e. The third kappa shape index (κ3) is 60.7. The predicted molar refractivity (Wildman–Crippen MR) is 343 cm³/mol. The molecule has 0 rings (SSSR count). The summed E-state index contributed by atoms with van der Waals surface area (Å²) in [6.45, 7) is 4.39. The molecule has 0 aliphatic carbocycles. The first-order valence-corrected chi connectivity index (χ1v) is 34.3. The summed E-state index contributed by atoms with van der Waals surface area (Å²) >= 11 is 0. The first kappa shape index (κ1) is 78.1. The van der Waals surface area contributed by atoms with Crippen LogP contribution in [0.1, 0.15) is 278 Å². The number of allylic oxidation sites excluding steroid dienone is 18. The Bertz CT molecular complexity index is 1790. The Balaban J connectivity index is 4.77. The Hall–Kier alpha value is -3.86. The molecule has 470 valence electrons. The monoisotopic (exact) mass is 1170 g/mol. The van der Waals surface area contributed by atoms with E-state index in [9.17, 15) is 28.9 Å². The Morgan fingerprint density at radius 2 is 0.634 bits per heavy atom. The molecule has 0 fully saturated rings. The van der Waals surface area contributed by atoms with Gasteiger partial charge in [-0.2, -0.15) is 0 Å². The zero-order valence-electron chi connectivity index (χ0n) is 52.2. The van der Waals surface area contributed by atoms with Gasteiger partial charge in [-0.05, 0) is 103 Å². The first-order valence-electron chi connectivity index (χ1n) is 32.8. The maximum atomic E-state index is 13.0. The maximum absolute atomic E-state index is 13.0. The van der Waals surface area contributed by atoms with E-state index >= 15 is 0 Å². The second kappa shape index (κ2) is 63.2. The molecular formula is C70H119O11P. The molecule has 12 heteroatoms. The number of phosphoric ester groups is 1. The lowest BCUT2D eigenvalue weighted by Crippen LogP contribution is -2.30. The van der Waals surface area contributed by atoms with Gasteiger partial charge in [-0.1, -0.05) is 265 Å². The molecule has 0 aliphatic heterocycles. The SMILES string of the molecule is CC/C=C\C/C=C\C/C=C\C/C=C\C/C=C\CCCCCC(=O)OC(COC(=O)CCCCCCCCCCCCCCCCCCCCC)COP(=O)(O)OCC(CO)OC(=O)CCCCCC/C=C\C/C=C\C/C=C\C/C=C\CC. The van der Waals surface area contributed by atoms with Crippen molar-refractivity contribution < 1.29 is 52.2 Å². The molecule has 11 nitrogen and oxygen atoms in total. The van der Waals surface area contributed by atoms with Gasteiger partial charge in [0.15, 0.2) is 6.10 Å². The number of hydrogen-bond acceptors (Lipinski definition) is 10. The number of rotatable bonds is 60. The van der Waals surface area contributed by atoms with E-state index in [0.29, 0.717) is 19.3 Å². The van der Waals surface area contributed by atoms with Gasteiger partial charge in [-0.25, -0.2) is 4.57 Å². The molecule has 3 unspecified atom stereocenters. The number of carbonyl (C=O) groups excluding carboxylic acids is 3. The van der Waals surface area contributed by atoms with Crippen LogP contribution in [0.5, 0.6) is 0 Å². The van der Waals surface area contributed by atoms with Crippen molar-refractivity contribution in [2.75, 3.05) is 26.4 Å². The Labute approximate surface area is 501 Å². The quantitative estimate of drug-likeness (QED) is 0.0197. The molecule has 0 heterocycles. The summed E-state index contributed by atoms with van der Waals surface area (Å²) in [7, 11) is -4.78. The highest BCUT2D eigenvalue weighted by Crippen LogP contribution is 2.43. The van der Waals surface area contributed by atoms with Gasteiger partial charge in [-0.15, -0.1) is 0 Å². The molecule has 0 saturated carbocycles. The standard InChI is InChI=1S/C70H119O11P/c1-4-7-10-13-16-19-22-25-28-31-33-36-38-41-44-47-50-53-56-59-68(72)77-63-67(81-70(74)61-58-55-52-49-46-43-40-37-34-32-29-26-23-20-17-14-11-8-5-2)65-79-82(75,76)78-64-66(62-71)80-69(73)60-57-54-51-48-45-42-39-35-30-27-24-21-18-15-12-9-6-3/h8-9,11-12,17-18,20-21,26-27,29-30,34,37,39,42-43,46,66-67,71H,4-7,10,13-16,19,22-25,28,31-33,35-36,38,40-41,44-45,47-65H2,1-3H3,(H,75,76)/b11-8-,12-9-,20-17-,21-18-,29-26-,30-27-,37-34-,42-39-,46-43-. The van der Waals surface area contributed by atoms with E-state index in [-0.39, 0.29) is 25.9 Å². The highest BCUT2D eigenvalue weighted by molar-refractivity contribution is 7.47. The lowest BCUT2D eigenvalue weighted by atomic mass is 10.0. The van der Waals surface area contributed by atoms with Crippen LogP contribution in [0.15, 0.2) is 109 Å². The highest BCUT2D eigenvalue weighted by Gasteiger charge is 2.28. The molecule has 0 aromatic rings. The van der Waals surface area contributed by atoms with E-state index in [0.717, 1.165) is 122 Å². The molecule has 0 amide bonds. The number of hydrogen-bond donors (Lipinski definition) is 2. The normalized spacial score (nSPS) is 14.0. The van der Waals surface area contributed by atoms with Crippen molar-refractivity contribution >= 4 is 25.7 Å². The van der Waals surface area contributed by atoms with Crippen molar-refractivity contribution in [3.63, 3.8) is 0 Å². The Morgan fingerprint density at radius 3 is 0.988 bits per heavy atom. The average Bonchev–Trinajstić information content (AvgIpc) is 3.50. The second-order valence-electron chi connectivity index (χ2n) is 21.5. The zero-order valence-corrected chi connectivity index (χ0v) is 53.1. The van der Waals surface area contributed by atoms with Gasteiger partial charge < -0.3 is 24.2 Å². The number of unbranched alkanes of at least 4 members (excludes halogenated alkanes) is 25. The number of aliphatic hydroxyl groups excluding tert-OH is 1. The minimum absolute atomic E-state index is 0.123. The fourth-order valence-electron chi connectivity index (χ4n) is 8.79. The average molecular weight is 1170 g/mol. The van der Waals surface area contributed by atoms with E-state index in [1.54, 1.807) is 0 Å². The number of carbonyl (C=O) groups is 3. The van der Waals surface area contributed by atoms with Crippen molar-refractivity contribution in [3.8, 4) is 0 Å². The maximum Gasteiger partial charge on any atom is 0.472 e. The van der Waals surface area contributed by atoms with Crippen LogP contribution >= 0.6 is 7.82 Å². The highest BCUT2D eigenvalue weighted by atomic mass is 31.2. The molecule has 2 N–H and O–H groups in total. The predicted octanol–water partition coefficient (Wildman–Crippen LogP) is 20.1. The van der Waals surface area contributed by atoms with E-state index < -0.39 is 57.8 Å². The summed E-state index contributed by atoms with van der Waals surface area (Å²) in [5.74, 6) is -1.52. The largest absolute Gasteiger partial charge is 0.472 e. The van der Waals surface area contributed by atoms with Crippen molar-refractivity contribution in [1.82, 2.24) is 0 Å². The van der Waals surface area contributed by atoms with Gasteiger partial charge >= 0.3 is 25.7 Å². The van der Waals surface area contributed by atoms with Gasteiger partial charge in [0.05, 0.1) is 19.8 Å². The molecule has 0 bridgehead atoms. The third-order valence-corrected chi connectivity index (χ3v) is 14.6. The Kier molecular flexibility index (Phi) is 60.2. The van der Waals surface area contributed by atoms with Crippen LogP contribution in [0.2, 0.25) is 0 Å². The van der Waals surface area contributed by atoms with Crippen molar-refractivity contribution in [2.45, 2.75) is 290 Å². The van der Waals surface area contributed by atoms with Gasteiger partial charge in [0.2, 0.25) is 0 Å². The van der Waals surface area contributed by atoms with Crippen LogP contribution < -0.4 is 0 Å². The van der Waals surface area contributed by atoms with Gasteiger partial charge in [0.25, 0.3) is 0 Å². The van der Waals surface area contributed by atoms with Crippen LogP contribution in [-0.4, -0.2) is 66.5 Å². The molecule has 0 radical (unpaired) electrons. The van der Waals surface area contributed by atoms with Gasteiger partial charge in [-0.3, -0.25) is 23.4 Å². The summed E-state index contributed by atoms with van der Waals surface area (Å²) in [6.07, 6.45) is 77.6. The summed E-state index contributed by atoms with van der Waals surface area (Å²) in [6, 6.07) is 0. The summed E-state index contributed by atoms with van der Waals surface area (Å²) < 4.78 is 39.7. The topological polar surface area (TPSA) is 155 Å². The zero-order chi connectivity index (χ0) is 59.8. The fourth-order valence-corrected chi connectivity index (χ4v) is 9.57. The van der Waals surface area contributed by atoms with Crippen LogP contribution in [0.4, 0.5) is 0 Å². The third-order valence-electron chi connectivity index (χ3n) is 13.7. The fraction of sp³-hybridized carbons (Fsp3) is 0.700. The van der Waals surface area contributed by atoms with Crippen molar-refractivity contribution in [2.24, 2.45) is 0 Å². The van der Waals surface area contributed by atoms with Gasteiger partial charge in [0, 0.05) is 19.3 Å². The van der Waals surface area contributed by atoms with Crippen molar-refractivity contribution in [1.29, 1.82) is 0 Å². The molecule has 0 aliphatic rings. The van der Waals surface area contributed by atoms with Crippen LogP contribution in [0.25, 0.3) is 0 Å². The van der Waals surface area contributed by atoms with Crippen LogP contribution in [0.3, 0.4) is 0 Å². The van der Waals surface area contributed by atoms with Crippen LogP contribution in [-0.2, 0) is 42.2 Å². The van der Waals surface area contributed by atoms with E-state index in [2.05, 4.69) is 130 Å². The minimum atomic E-state index is -4.78. The summed E-state index contributed by atoms with van der Waals surface area (Å²) in [5.41, 5.74) is 0. The number of ether oxygens (including phenoxy) is 3. The number of aliphatic hydroxyl groups is 1. The Morgan fingerprint density at radius 1 is 0.354 bits per heavy atom. The molecule has 0 aromatic carbocycles. The lowest BCUT2D eigenvalue weighted by molar-refractivity contribution is -0.161. The number of esters is 3. The van der Waals surface area contributed by atoms with Gasteiger partial charge in [0.1, 0.15) is 12.7 Å². The van der Waals surface area contributed by atoms with Crippen molar-refractivity contribution in [3.05, 3.63) is 109 Å². The second-order valence-corrected chi connectivity index (χ2v) is 23.0. The minimum Gasteiger partial charge on any atom is -0.462 e. The van der Waals surface area contributed by atoms with E-state index in [4.69, 9.17) is 23.3 Å². The molecule has 3 atom stereocenters. The molecular weight excluding hydrogens is 1050 g/mol. The van der Waals surface area contributed by atoms with Crippen LogP contribution in [0, 0.1) is 0 Å². The lowest BCUT2D eigenvalue weighted by Gasteiger charge is -2.21. The van der Waals surface area contributed by atoms with E-state index in [1.807, 2.05) is 0 Å². The molecule has 0 saturated heterocycles. The summed E-state index contributed by atoms with van der Waals surface area (Å²) in [4.78, 5) is 48.8.